The predicted molar refractivity (Wildman–Crippen MR) is 180 cm³/mol. The Morgan fingerprint density at radius 3 is 2.20 bits per heavy atom. The van der Waals surface area contributed by atoms with Crippen LogP contribution in [-0.2, 0) is 36.8 Å². The van der Waals surface area contributed by atoms with Crippen LogP contribution in [0.25, 0.3) is 0 Å². The Bertz CT molecular complexity index is 1690. The van der Waals surface area contributed by atoms with E-state index >= 15 is 0 Å². The zero-order valence-electron chi connectivity index (χ0n) is 30.0. The van der Waals surface area contributed by atoms with Crippen molar-refractivity contribution in [2.45, 2.75) is 65.6 Å². The van der Waals surface area contributed by atoms with E-state index in [9.17, 15) is 44.4 Å². The summed E-state index contributed by atoms with van der Waals surface area (Å²) in [5.74, 6) is -8.45. The van der Waals surface area contributed by atoms with Crippen molar-refractivity contribution in [3.05, 3.63) is 45.4 Å². The van der Waals surface area contributed by atoms with Crippen molar-refractivity contribution in [2.24, 2.45) is 28.9 Å². The number of fused-ring (bicyclic) bond motifs is 3. The minimum atomic E-state index is -2.77. The number of nitrogens with zero attached hydrogens (tertiary/aromatic N) is 3. The second-order valence-electron chi connectivity index (χ2n) is 15.2. The van der Waals surface area contributed by atoms with Gasteiger partial charge in [-0.05, 0) is 49.9 Å². The number of aromatic hydroxyl groups is 1. The molecule has 274 valence electrons. The molecule has 1 aromatic rings. The number of benzene rings is 1. The maximum Gasteiger partial charge on any atom is 0.412 e. The molecular formula is C35H48N4O11. The van der Waals surface area contributed by atoms with E-state index in [1.807, 2.05) is 20.8 Å². The van der Waals surface area contributed by atoms with E-state index in [0.29, 0.717) is 11.3 Å². The SMILES string of the molecule is CC(C)C(=O)OCOC(=O)N(Cc1cc(N(C)C)c2c(c1O)C(=O)C1=C(O)[C@]3(O)C(=O)C(C(N)=O)=C(O)[C@@H](N(C)C)[C@@H]3C[C@@H]1C2)CC(C)(C)C. The summed E-state index contributed by atoms with van der Waals surface area (Å²) in [5.41, 5.74) is 2.00. The molecule has 0 fully saturated rings. The summed E-state index contributed by atoms with van der Waals surface area (Å²) >= 11 is 0. The van der Waals surface area contributed by atoms with E-state index in [1.165, 1.54) is 9.80 Å². The first kappa shape index (κ1) is 38.2. The number of esters is 1. The van der Waals surface area contributed by atoms with Crippen LogP contribution >= 0.6 is 0 Å². The molecule has 0 aromatic heterocycles. The van der Waals surface area contributed by atoms with Gasteiger partial charge in [-0.3, -0.25) is 24.1 Å². The number of anilines is 1. The van der Waals surface area contributed by atoms with Crippen molar-refractivity contribution < 1.29 is 53.9 Å². The highest BCUT2D eigenvalue weighted by Gasteiger charge is 2.63. The monoisotopic (exact) mass is 700 g/mol. The van der Waals surface area contributed by atoms with Crippen molar-refractivity contribution in [3.63, 3.8) is 0 Å². The lowest BCUT2D eigenvalue weighted by molar-refractivity contribution is -0.156. The average molecular weight is 701 g/mol. The Balaban J connectivity index is 1.83. The highest BCUT2D eigenvalue weighted by molar-refractivity contribution is 6.25. The Labute approximate surface area is 290 Å². The predicted octanol–water partition coefficient (Wildman–Crippen LogP) is 2.33. The number of amides is 2. The van der Waals surface area contributed by atoms with Gasteiger partial charge in [0, 0.05) is 43.4 Å². The molecule has 0 radical (unpaired) electrons. The summed E-state index contributed by atoms with van der Waals surface area (Å²) in [6.45, 7) is 8.22. The molecule has 2 amide bonds. The van der Waals surface area contributed by atoms with Crippen LogP contribution in [0.1, 0.15) is 62.5 Å². The molecule has 50 heavy (non-hydrogen) atoms. The zero-order chi connectivity index (χ0) is 37.8. The first-order valence-electron chi connectivity index (χ1n) is 16.3. The number of carbonyl (C=O) groups excluding carboxylic acids is 5. The van der Waals surface area contributed by atoms with Crippen LogP contribution in [0.2, 0.25) is 0 Å². The second-order valence-corrected chi connectivity index (χ2v) is 15.2. The lowest BCUT2D eigenvalue weighted by Crippen LogP contribution is -2.63. The van der Waals surface area contributed by atoms with Crippen LogP contribution in [0, 0.1) is 23.2 Å². The lowest BCUT2D eigenvalue weighted by Gasteiger charge is -2.50. The van der Waals surface area contributed by atoms with Crippen LogP contribution in [0.5, 0.6) is 5.75 Å². The largest absolute Gasteiger partial charge is 0.510 e. The van der Waals surface area contributed by atoms with Crippen molar-refractivity contribution in [1.82, 2.24) is 9.80 Å². The number of rotatable bonds is 9. The number of phenolic OH excluding ortho intramolecular Hbond substituents is 1. The molecule has 0 saturated heterocycles. The van der Waals surface area contributed by atoms with Gasteiger partial charge in [-0.15, -0.1) is 0 Å². The third-order valence-electron chi connectivity index (χ3n) is 9.40. The molecular weight excluding hydrogens is 652 g/mol. The Morgan fingerprint density at radius 2 is 1.68 bits per heavy atom. The number of hydrogen-bond acceptors (Lipinski definition) is 13. The number of nitrogens with two attached hydrogens (primary N) is 1. The van der Waals surface area contributed by atoms with Crippen LogP contribution in [0.15, 0.2) is 28.7 Å². The molecule has 0 aliphatic heterocycles. The van der Waals surface area contributed by atoms with Gasteiger partial charge in [0.25, 0.3) is 5.91 Å². The number of Topliss-reactive ketones (excluding diaryl/α,β-unsaturated/α-hetero) is 2. The molecule has 15 heteroatoms. The summed E-state index contributed by atoms with van der Waals surface area (Å²) in [5, 5.41) is 46.3. The topological polar surface area (TPSA) is 220 Å². The lowest BCUT2D eigenvalue weighted by atomic mass is 9.58. The molecule has 0 heterocycles. The highest BCUT2D eigenvalue weighted by atomic mass is 16.7. The molecule has 1 aromatic carbocycles. The van der Waals surface area contributed by atoms with Gasteiger partial charge in [0.2, 0.25) is 12.6 Å². The van der Waals surface area contributed by atoms with Crippen LogP contribution in [-0.4, -0.2) is 113 Å². The molecule has 3 aliphatic rings. The number of ketones is 2. The fraction of sp³-hybridized carbons (Fsp3) is 0.571. The van der Waals surface area contributed by atoms with E-state index in [0.717, 1.165) is 0 Å². The Kier molecular flexibility index (Phi) is 10.4. The molecule has 4 atom stereocenters. The van der Waals surface area contributed by atoms with Gasteiger partial charge in [-0.2, -0.15) is 0 Å². The van der Waals surface area contributed by atoms with Crippen molar-refractivity contribution in [2.75, 3.05) is 46.4 Å². The van der Waals surface area contributed by atoms with E-state index in [1.54, 1.807) is 53.0 Å². The van der Waals surface area contributed by atoms with Gasteiger partial charge in [0.15, 0.2) is 11.4 Å². The van der Waals surface area contributed by atoms with Crippen LogP contribution in [0.4, 0.5) is 10.5 Å². The van der Waals surface area contributed by atoms with E-state index in [2.05, 4.69) is 0 Å². The number of primary amides is 1. The summed E-state index contributed by atoms with van der Waals surface area (Å²) < 4.78 is 10.2. The number of hydrogen-bond donors (Lipinski definition) is 5. The van der Waals surface area contributed by atoms with E-state index < -0.39 is 94.0 Å². The van der Waals surface area contributed by atoms with Crippen molar-refractivity contribution in [3.8, 4) is 5.75 Å². The molecule has 0 unspecified atom stereocenters. The minimum Gasteiger partial charge on any atom is -0.510 e. The molecule has 0 bridgehead atoms. The van der Waals surface area contributed by atoms with E-state index in [4.69, 9.17) is 15.2 Å². The first-order chi connectivity index (χ1) is 23.0. The first-order valence-corrected chi connectivity index (χ1v) is 16.3. The summed E-state index contributed by atoms with van der Waals surface area (Å²) in [6, 6.07) is 0.545. The van der Waals surface area contributed by atoms with Gasteiger partial charge in [0.1, 0.15) is 22.8 Å². The summed E-state index contributed by atoms with van der Waals surface area (Å²) in [4.78, 5) is 70.0. The van der Waals surface area contributed by atoms with Gasteiger partial charge in [-0.1, -0.05) is 34.6 Å². The quantitative estimate of drug-likeness (QED) is 0.142. The Hall–Kier alpha value is -4.63. The maximum atomic E-state index is 14.4. The number of carbonyl (C=O) groups is 5. The highest BCUT2D eigenvalue weighted by Crippen LogP contribution is 2.53. The standard InChI is InChI=1S/C35H48N4O11/c1-16(2)32(46)49-15-50-33(47)39(14-34(3,4)5)13-18-12-21(37(6)7)19-10-17-11-20-25(38(8)9)28(42)24(31(36)45)30(44)35(20,48)29(43)22(17)27(41)23(19)26(18)40/h12,16-17,20,25,40,42-43,48H,10-11,13-15H2,1-9H3,(H2,36,45)/t17-,20-,25-,35-/m0/s1. The Morgan fingerprint density at radius 1 is 1.06 bits per heavy atom. The van der Waals surface area contributed by atoms with Gasteiger partial charge in [0.05, 0.1) is 24.1 Å². The maximum absolute atomic E-state index is 14.4. The second kappa shape index (κ2) is 13.6. The van der Waals surface area contributed by atoms with Crippen molar-refractivity contribution in [1.29, 1.82) is 0 Å². The summed E-state index contributed by atoms with van der Waals surface area (Å²) in [6.07, 6.45) is -0.779. The molecule has 4 rings (SSSR count). The van der Waals surface area contributed by atoms with Gasteiger partial charge in [-0.25, -0.2) is 4.79 Å². The third kappa shape index (κ3) is 6.63. The zero-order valence-corrected chi connectivity index (χ0v) is 30.0. The van der Waals surface area contributed by atoms with Crippen LogP contribution < -0.4 is 10.6 Å². The molecule has 15 nitrogen and oxygen atoms in total. The fourth-order valence-corrected chi connectivity index (χ4v) is 7.23. The number of aliphatic hydroxyl groups excluding tert-OH is 2. The third-order valence-corrected chi connectivity index (χ3v) is 9.40. The number of likely N-dealkylation sites (N-methyl/N-ethyl adjacent to an activating group) is 1. The minimum absolute atomic E-state index is 0.0479. The van der Waals surface area contributed by atoms with Gasteiger partial charge >= 0.3 is 12.1 Å². The number of allylic oxidation sites excluding steroid dienone is 1. The average Bonchev–Trinajstić information content (AvgIpc) is 2.98. The molecule has 0 spiro atoms. The number of aliphatic hydroxyl groups is 3. The fourth-order valence-electron chi connectivity index (χ4n) is 7.23. The summed E-state index contributed by atoms with van der Waals surface area (Å²) in [7, 11) is 6.61. The van der Waals surface area contributed by atoms with Gasteiger partial charge < -0.3 is 45.4 Å². The molecule has 0 saturated carbocycles. The smallest absolute Gasteiger partial charge is 0.412 e. The van der Waals surface area contributed by atoms with Crippen LogP contribution in [0.3, 0.4) is 0 Å². The van der Waals surface area contributed by atoms with Crippen molar-refractivity contribution >= 4 is 35.2 Å². The molecule has 6 N–H and O–H groups in total. The number of ether oxygens (including phenoxy) is 2. The normalized spacial score (nSPS) is 23.4. The number of phenols is 1. The van der Waals surface area contributed by atoms with E-state index in [-0.39, 0.29) is 42.6 Å². The molecule has 3 aliphatic carbocycles.